The standard InChI is InChI=1S/C14H21NO5S/c1-10-4-5-12(6-11(10)2)21(19,20)15-8-14(3,9-16)7-13(17)18/h4-6,15-16H,7-9H2,1-3H3,(H,17,18). The molecule has 6 nitrogen and oxygen atoms in total. The second kappa shape index (κ2) is 6.55. The number of carboxylic acids is 1. The Bertz CT molecular complexity index is 626. The maximum atomic E-state index is 12.2. The molecule has 0 saturated carbocycles. The molecule has 3 N–H and O–H groups in total. The Labute approximate surface area is 124 Å². The van der Waals surface area contributed by atoms with Crippen molar-refractivity contribution in [2.75, 3.05) is 13.2 Å². The van der Waals surface area contributed by atoms with Gasteiger partial charge in [0.05, 0.1) is 17.9 Å². The van der Waals surface area contributed by atoms with Crippen molar-refractivity contribution in [3.8, 4) is 0 Å². The minimum Gasteiger partial charge on any atom is -0.481 e. The van der Waals surface area contributed by atoms with E-state index in [0.29, 0.717) is 0 Å². The molecule has 21 heavy (non-hydrogen) atoms. The quantitative estimate of drug-likeness (QED) is 0.698. The van der Waals surface area contributed by atoms with Crippen molar-refractivity contribution < 1.29 is 23.4 Å². The van der Waals surface area contributed by atoms with E-state index in [0.717, 1.165) is 11.1 Å². The van der Waals surface area contributed by atoms with Crippen molar-refractivity contribution in [2.24, 2.45) is 5.41 Å². The molecule has 0 bridgehead atoms. The molecule has 0 saturated heterocycles. The van der Waals surface area contributed by atoms with Crippen molar-refractivity contribution in [3.05, 3.63) is 29.3 Å². The van der Waals surface area contributed by atoms with Gasteiger partial charge in [0.1, 0.15) is 0 Å². The minimum atomic E-state index is -3.73. The average Bonchev–Trinajstić information content (AvgIpc) is 2.39. The average molecular weight is 315 g/mol. The van der Waals surface area contributed by atoms with Gasteiger partial charge in [-0.2, -0.15) is 0 Å². The molecule has 1 aromatic rings. The third-order valence-electron chi connectivity index (χ3n) is 3.44. The highest BCUT2D eigenvalue weighted by molar-refractivity contribution is 7.89. The second-order valence-electron chi connectivity index (χ2n) is 5.61. The zero-order valence-electron chi connectivity index (χ0n) is 12.4. The first kappa shape index (κ1) is 17.6. The molecule has 0 radical (unpaired) electrons. The summed E-state index contributed by atoms with van der Waals surface area (Å²) in [6.45, 7) is 4.65. The molecule has 1 unspecified atom stereocenters. The van der Waals surface area contributed by atoms with Gasteiger partial charge in [-0.1, -0.05) is 13.0 Å². The van der Waals surface area contributed by atoms with Crippen LogP contribution in [-0.4, -0.2) is 37.8 Å². The lowest BCUT2D eigenvalue weighted by Crippen LogP contribution is -2.39. The first-order chi connectivity index (χ1) is 9.59. The van der Waals surface area contributed by atoms with E-state index in [-0.39, 0.29) is 17.9 Å². The predicted molar refractivity (Wildman–Crippen MR) is 78.6 cm³/mol. The van der Waals surface area contributed by atoms with E-state index in [4.69, 9.17) is 5.11 Å². The molecule has 7 heteroatoms. The third kappa shape index (κ3) is 4.80. The molecule has 1 aromatic carbocycles. The van der Waals surface area contributed by atoms with E-state index < -0.39 is 28.0 Å². The van der Waals surface area contributed by atoms with Crippen molar-refractivity contribution in [3.63, 3.8) is 0 Å². The van der Waals surface area contributed by atoms with Crippen LogP contribution in [0.4, 0.5) is 0 Å². The molecule has 0 aliphatic heterocycles. The number of aliphatic carboxylic acids is 1. The van der Waals surface area contributed by atoms with Crippen molar-refractivity contribution in [2.45, 2.75) is 32.1 Å². The molecule has 0 fully saturated rings. The summed E-state index contributed by atoms with van der Waals surface area (Å²) in [5.74, 6) is -1.09. The normalized spacial score (nSPS) is 14.7. The highest BCUT2D eigenvalue weighted by atomic mass is 32.2. The van der Waals surface area contributed by atoms with Crippen molar-refractivity contribution in [1.29, 1.82) is 0 Å². The largest absolute Gasteiger partial charge is 0.481 e. The van der Waals surface area contributed by atoms with Crippen LogP contribution in [0.1, 0.15) is 24.5 Å². The Balaban J connectivity index is 2.90. The molecular weight excluding hydrogens is 294 g/mol. The summed E-state index contributed by atoms with van der Waals surface area (Å²) in [7, 11) is -3.73. The Kier molecular flexibility index (Phi) is 5.49. The second-order valence-corrected chi connectivity index (χ2v) is 7.38. The summed E-state index contributed by atoms with van der Waals surface area (Å²) in [4.78, 5) is 10.9. The van der Waals surface area contributed by atoms with E-state index in [1.807, 2.05) is 13.8 Å². The zero-order valence-corrected chi connectivity index (χ0v) is 13.2. The van der Waals surface area contributed by atoms with Gasteiger partial charge in [0.15, 0.2) is 0 Å². The van der Waals surface area contributed by atoms with Crippen LogP contribution in [-0.2, 0) is 14.8 Å². The SMILES string of the molecule is Cc1ccc(S(=O)(=O)NCC(C)(CO)CC(=O)O)cc1C. The highest BCUT2D eigenvalue weighted by Gasteiger charge is 2.29. The molecule has 0 aromatic heterocycles. The van der Waals surface area contributed by atoms with Gasteiger partial charge in [-0.25, -0.2) is 13.1 Å². The topological polar surface area (TPSA) is 104 Å². The van der Waals surface area contributed by atoms with E-state index in [1.54, 1.807) is 12.1 Å². The monoisotopic (exact) mass is 315 g/mol. The van der Waals surface area contributed by atoms with Crippen LogP contribution in [0, 0.1) is 19.3 Å². The van der Waals surface area contributed by atoms with Gasteiger partial charge in [-0.15, -0.1) is 0 Å². The van der Waals surface area contributed by atoms with Gasteiger partial charge in [0.2, 0.25) is 10.0 Å². The number of aliphatic hydroxyl groups is 1. The van der Waals surface area contributed by atoms with Crippen LogP contribution in [0.5, 0.6) is 0 Å². The molecule has 0 aliphatic carbocycles. The van der Waals surface area contributed by atoms with Gasteiger partial charge in [0.25, 0.3) is 0 Å². The van der Waals surface area contributed by atoms with Crippen molar-refractivity contribution >= 4 is 16.0 Å². The number of aliphatic hydroxyl groups excluding tert-OH is 1. The predicted octanol–water partition coefficient (Wildman–Crippen LogP) is 1.06. The molecule has 1 rings (SSSR count). The third-order valence-corrected chi connectivity index (χ3v) is 4.84. The molecule has 118 valence electrons. The summed E-state index contributed by atoms with van der Waals surface area (Å²) in [5, 5.41) is 18.1. The van der Waals surface area contributed by atoms with Crippen molar-refractivity contribution in [1.82, 2.24) is 4.72 Å². The summed E-state index contributed by atoms with van der Waals surface area (Å²) >= 11 is 0. The first-order valence-electron chi connectivity index (χ1n) is 6.49. The molecule has 1 atom stereocenters. The lowest BCUT2D eigenvalue weighted by molar-refractivity contribution is -0.140. The molecule has 0 amide bonds. The number of hydrogen-bond acceptors (Lipinski definition) is 4. The number of rotatable bonds is 7. The minimum absolute atomic E-state index is 0.126. The Hall–Kier alpha value is -1.44. The fourth-order valence-electron chi connectivity index (χ4n) is 1.77. The highest BCUT2D eigenvalue weighted by Crippen LogP contribution is 2.21. The van der Waals surface area contributed by atoms with Gasteiger partial charge in [0, 0.05) is 12.0 Å². The van der Waals surface area contributed by atoms with Gasteiger partial charge < -0.3 is 10.2 Å². The Morgan fingerprint density at radius 1 is 1.29 bits per heavy atom. The summed E-state index contributed by atoms with van der Waals surface area (Å²) in [5.41, 5.74) is 0.798. The van der Waals surface area contributed by atoms with Crippen LogP contribution in [0.15, 0.2) is 23.1 Å². The number of hydrogen-bond donors (Lipinski definition) is 3. The van der Waals surface area contributed by atoms with Gasteiger partial charge in [-0.05, 0) is 37.1 Å². The smallest absolute Gasteiger partial charge is 0.304 e. The van der Waals surface area contributed by atoms with E-state index in [2.05, 4.69) is 4.72 Å². The molecule has 0 aliphatic rings. The molecule has 0 spiro atoms. The Morgan fingerprint density at radius 3 is 2.38 bits per heavy atom. The lowest BCUT2D eigenvalue weighted by atomic mass is 9.88. The molecular formula is C14H21NO5S. The number of benzene rings is 1. The zero-order chi connectivity index (χ0) is 16.3. The maximum Gasteiger partial charge on any atom is 0.304 e. The summed E-state index contributed by atoms with van der Waals surface area (Å²) in [6, 6.07) is 4.77. The summed E-state index contributed by atoms with van der Waals surface area (Å²) < 4.78 is 26.8. The van der Waals surface area contributed by atoms with E-state index >= 15 is 0 Å². The maximum absolute atomic E-state index is 12.2. The fraction of sp³-hybridized carbons (Fsp3) is 0.500. The number of sulfonamides is 1. The van der Waals surface area contributed by atoms with E-state index in [9.17, 15) is 18.3 Å². The number of carboxylic acid groups (broad SMARTS) is 1. The lowest BCUT2D eigenvalue weighted by Gasteiger charge is -2.25. The van der Waals surface area contributed by atoms with Crippen LogP contribution >= 0.6 is 0 Å². The summed E-state index contributed by atoms with van der Waals surface area (Å²) in [6.07, 6.45) is -0.320. The van der Waals surface area contributed by atoms with Crippen LogP contribution in [0.2, 0.25) is 0 Å². The first-order valence-corrected chi connectivity index (χ1v) is 7.97. The van der Waals surface area contributed by atoms with Gasteiger partial charge >= 0.3 is 5.97 Å². The van der Waals surface area contributed by atoms with Gasteiger partial charge in [-0.3, -0.25) is 4.79 Å². The van der Waals surface area contributed by atoms with Crippen LogP contribution in [0.25, 0.3) is 0 Å². The van der Waals surface area contributed by atoms with Crippen LogP contribution < -0.4 is 4.72 Å². The Morgan fingerprint density at radius 2 is 1.90 bits per heavy atom. The number of carbonyl (C=O) groups is 1. The molecule has 0 heterocycles. The number of nitrogens with one attached hydrogen (secondary N) is 1. The number of aryl methyl sites for hydroxylation is 2. The van der Waals surface area contributed by atoms with Crippen LogP contribution in [0.3, 0.4) is 0 Å². The van der Waals surface area contributed by atoms with E-state index in [1.165, 1.54) is 13.0 Å². The fourth-order valence-corrected chi connectivity index (χ4v) is 3.06.